The highest BCUT2D eigenvalue weighted by atomic mass is 35.5. The zero-order valence-electron chi connectivity index (χ0n) is 4.75. The molecule has 0 fully saturated rings. The van der Waals surface area contributed by atoms with Crippen LogP contribution in [0.4, 0.5) is 0 Å². The third-order valence-electron chi connectivity index (χ3n) is 0.841. The van der Waals surface area contributed by atoms with Crippen molar-refractivity contribution in [2.45, 2.75) is 4.84 Å². The van der Waals surface area contributed by atoms with E-state index in [9.17, 15) is 4.79 Å². The lowest BCUT2D eigenvalue weighted by Crippen LogP contribution is -2.06. The monoisotopic (exact) mass is 195 g/mol. The lowest BCUT2D eigenvalue weighted by molar-refractivity contribution is 0.101. The molecule has 5 heteroatoms. The number of thiazole rings is 1. The van der Waals surface area contributed by atoms with Crippen LogP contribution in [0, 0.1) is 0 Å². The number of carbonyl (C=O) groups is 1. The van der Waals surface area contributed by atoms with E-state index in [1.807, 2.05) is 0 Å². The molecular formula is C5H3Cl2NOS. The number of carbonyl (C=O) groups excluding carboxylic acids is 1. The van der Waals surface area contributed by atoms with E-state index in [0.29, 0.717) is 5.01 Å². The van der Waals surface area contributed by atoms with Gasteiger partial charge in [-0.25, -0.2) is 4.98 Å². The quantitative estimate of drug-likeness (QED) is 0.535. The van der Waals surface area contributed by atoms with Gasteiger partial charge in [0.2, 0.25) is 5.78 Å². The highest BCUT2D eigenvalue weighted by Gasteiger charge is 2.15. The van der Waals surface area contributed by atoms with Crippen molar-refractivity contribution in [1.29, 1.82) is 0 Å². The Bertz CT molecular complexity index is 222. The Morgan fingerprint density at radius 1 is 1.70 bits per heavy atom. The molecule has 0 N–H and O–H groups in total. The van der Waals surface area contributed by atoms with Gasteiger partial charge in [-0.3, -0.25) is 4.79 Å². The maximum absolute atomic E-state index is 10.9. The third kappa shape index (κ3) is 1.68. The number of hydrogen-bond acceptors (Lipinski definition) is 3. The molecule has 0 radical (unpaired) electrons. The summed E-state index contributed by atoms with van der Waals surface area (Å²) in [5.74, 6) is -0.335. The van der Waals surface area contributed by atoms with Crippen molar-refractivity contribution < 1.29 is 4.79 Å². The predicted octanol–water partition coefficient (Wildman–Crippen LogP) is 2.13. The second-order valence-electron chi connectivity index (χ2n) is 1.50. The maximum atomic E-state index is 10.9. The Labute approximate surface area is 71.8 Å². The van der Waals surface area contributed by atoms with Crippen molar-refractivity contribution in [2.24, 2.45) is 0 Å². The molecule has 0 saturated carbocycles. The van der Waals surface area contributed by atoms with Gasteiger partial charge in [-0.1, -0.05) is 23.2 Å². The standard InChI is InChI=1S/C5H3Cl2NOS/c6-4(7)3(9)5-8-1-2-10-5/h1-2,4H. The molecule has 0 atom stereocenters. The van der Waals surface area contributed by atoms with Crippen molar-refractivity contribution in [3.8, 4) is 0 Å². The maximum Gasteiger partial charge on any atom is 0.224 e. The first kappa shape index (κ1) is 7.98. The Morgan fingerprint density at radius 2 is 2.40 bits per heavy atom. The highest BCUT2D eigenvalue weighted by molar-refractivity contribution is 7.12. The molecule has 10 heavy (non-hydrogen) atoms. The number of nitrogens with zero attached hydrogens (tertiary/aromatic N) is 1. The molecule has 1 aromatic heterocycles. The van der Waals surface area contributed by atoms with Gasteiger partial charge in [0.25, 0.3) is 0 Å². The molecule has 0 unspecified atom stereocenters. The molecule has 0 amide bonds. The summed E-state index contributed by atoms with van der Waals surface area (Å²) in [7, 11) is 0. The average molecular weight is 196 g/mol. The molecule has 1 aromatic rings. The van der Waals surface area contributed by atoms with Crippen molar-refractivity contribution in [2.75, 3.05) is 0 Å². The lowest BCUT2D eigenvalue weighted by Gasteiger charge is -1.92. The van der Waals surface area contributed by atoms with Gasteiger partial charge in [0.05, 0.1) is 0 Å². The Hall–Kier alpha value is -0.120. The Kier molecular flexibility index (Phi) is 2.65. The number of halogens is 2. The van der Waals surface area contributed by atoms with E-state index in [1.54, 1.807) is 5.38 Å². The van der Waals surface area contributed by atoms with Crippen molar-refractivity contribution in [1.82, 2.24) is 4.98 Å². The molecule has 0 bridgehead atoms. The fraction of sp³-hybridized carbons (Fsp3) is 0.200. The van der Waals surface area contributed by atoms with Crippen molar-refractivity contribution in [3.05, 3.63) is 16.6 Å². The van der Waals surface area contributed by atoms with Crippen LogP contribution in [0.3, 0.4) is 0 Å². The molecule has 2 nitrogen and oxygen atoms in total. The first-order valence-electron chi connectivity index (χ1n) is 2.43. The predicted molar refractivity (Wildman–Crippen MR) is 41.9 cm³/mol. The van der Waals surface area contributed by atoms with Gasteiger partial charge in [0.1, 0.15) is 0 Å². The summed E-state index contributed by atoms with van der Waals surface area (Å²) in [4.78, 5) is 13.6. The third-order valence-corrected chi connectivity index (χ3v) is 2.03. The Balaban J connectivity index is 2.78. The summed E-state index contributed by atoms with van der Waals surface area (Å²) >= 11 is 11.8. The van der Waals surface area contributed by atoms with Gasteiger partial charge in [-0.05, 0) is 0 Å². The summed E-state index contributed by atoms with van der Waals surface area (Å²) in [5, 5.41) is 2.05. The average Bonchev–Trinajstić information content (AvgIpc) is 2.36. The number of hydrogen-bond donors (Lipinski definition) is 0. The van der Waals surface area contributed by atoms with E-state index >= 15 is 0 Å². The van der Waals surface area contributed by atoms with E-state index < -0.39 is 4.84 Å². The second kappa shape index (κ2) is 3.32. The van der Waals surface area contributed by atoms with Crippen molar-refractivity contribution in [3.63, 3.8) is 0 Å². The molecule has 0 saturated heterocycles. The number of alkyl halides is 2. The van der Waals surface area contributed by atoms with Crippen LogP contribution in [0.1, 0.15) is 9.80 Å². The first-order chi connectivity index (χ1) is 4.72. The fourth-order valence-electron chi connectivity index (χ4n) is 0.438. The lowest BCUT2D eigenvalue weighted by atomic mass is 10.5. The van der Waals surface area contributed by atoms with E-state index in [1.165, 1.54) is 17.5 Å². The van der Waals surface area contributed by atoms with E-state index in [2.05, 4.69) is 4.98 Å². The first-order valence-corrected chi connectivity index (χ1v) is 4.19. The smallest absolute Gasteiger partial charge is 0.224 e. The molecule has 0 spiro atoms. The van der Waals surface area contributed by atoms with E-state index in [0.717, 1.165) is 0 Å². The Morgan fingerprint density at radius 3 is 2.80 bits per heavy atom. The summed E-state index contributed by atoms with van der Waals surface area (Å²) in [5.41, 5.74) is 0. The van der Waals surface area contributed by atoms with Crippen LogP contribution in [0.25, 0.3) is 0 Å². The molecule has 0 aromatic carbocycles. The minimum atomic E-state index is -0.994. The van der Waals surface area contributed by atoms with Gasteiger partial charge in [-0.2, -0.15) is 0 Å². The largest absolute Gasteiger partial charge is 0.288 e. The summed E-state index contributed by atoms with van der Waals surface area (Å²) in [6.45, 7) is 0. The number of aromatic nitrogens is 1. The van der Waals surface area contributed by atoms with Gasteiger partial charge in [0.15, 0.2) is 9.84 Å². The van der Waals surface area contributed by atoms with Crippen LogP contribution in [0.5, 0.6) is 0 Å². The summed E-state index contributed by atoms with van der Waals surface area (Å²) in [6.07, 6.45) is 1.54. The molecule has 0 aliphatic carbocycles. The SMILES string of the molecule is O=C(c1nccs1)C(Cl)Cl. The second-order valence-corrected chi connectivity index (χ2v) is 3.49. The van der Waals surface area contributed by atoms with Gasteiger partial charge < -0.3 is 0 Å². The minimum absolute atomic E-state index is 0.335. The molecule has 54 valence electrons. The van der Waals surface area contributed by atoms with Crippen molar-refractivity contribution >= 4 is 40.3 Å². The van der Waals surface area contributed by atoms with Crippen LogP contribution >= 0.6 is 34.5 Å². The molecule has 0 aliphatic heterocycles. The van der Waals surface area contributed by atoms with E-state index in [-0.39, 0.29) is 5.78 Å². The zero-order valence-corrected chi connectivity index (χ0v) is 7.08. The zero-order chi connectivity index (χ0) is 7.56. The van der Waals surface area contributed by atoms with Crippen LogP contribution in [0.2, 0.25) is 0 Å². The highest BCUT2D eigenvalue weighted by Crippen LogP contribution is 2.13. The molecule has 0 aliphatic rings. The molecule has 1 rings (SSSR count). The van der Waals surface area contributed by atoms with E-state index in [4.69, 9.17) is 23.2 Å². The van der Waals surface area contributed by atoms with Crippen LogP contribution in [0.15, 0.2) is 11.6 Å². The normalized spacial score (nSPS) is 10.3. The fourth-order valence-corrected chi connectivity index (χ4v) is 1.38. The number of ketones is 1. The summed E-state index contributed by atoms with van der Waals surface area (Å²) < 4.78 is 0. The van der Waals surface area contributed by atoms with Gasteiger partial charge in [-0.15, -0.1) is 11.3 Å². The number of rotatable bonds is 2. The van der Waals surface area contributed by atoms with Crippen LogP contribution in [-0.2, 0) is 0 Å². The minimum Gasteiger partial charge on any atom is -0.288 e. The van der Waals surface area contributed by atoms with Gasteiger partial charge >= 0.3 is 0 Å². The van der Waals surface area contributed by atoms with Crippen LogP contribution in [-0.4, -0.2) is 15.6 Å². The molecular weight excluding hydrogens is 193 g/mol. The topological polar surface area (TPSA) is 30.0 Å². The molecule has 1 heterocycles. The van der Waals surface area contributed by atoms with Crippen LogP contribution < -0.4 is 0 Å². The number of Topliss-reactive ketones (excluding diaryl/α,β-unsaturated/α-hetero) is 1. The summed E-state index contributed by atoms with van der Waals surface area (Å²) in [6, 6.07) is 0. The van der Waals surface area contributed by atoms with Gasteiger partial charge in [0, 0.05) is 11.6 Å².